The van der Waals surface area contributed by atoms with Gasteiger partial charge >= 0.3 is 5.97 Å². The lowest BCUT2D eigenvalue weighted by Gasteiger charge is -2.24. The summed E-state index contributed by atoms with van der Waals surface area (Å²) < 4.78 is 5.41. The van der Waals surface area contributed by atoms with Gasteiger partial charge in [0, 0.05) is 5.41 Å². The normalized spacial score (nSPS) is 11.6. The second-order valence-electron chi connectivity index (χ2n) is 6.23. The molecule has 0 aliphatic heterocycles. The topological polar surface area (TPSA) is 67.9 Å². The molecule has 0 unspecified atom stereocenters. The SMILES string of the molecule is CC(C)(CC(=O)OCc1ccc2n[nH]nc2c1)c1ccccc1. The van der Waals surface area contributed by atoms with Crippen LogP contribution in [0.4, 0.5) is 0 Å². The number of carbonyl (C=O) groups is 1. The van der Waals surface area contributed by atoms with Crippen LogP contribution >= 0.6 is 0 Å². The highest BCUT2D eigenvalue weighted by molar-refractivity contribution is 5.74. The lowest BCUT2D eigenvalue weighted by Crippen LogP contribution is -2.23. The zero-order valence-electron chi connectivity index (χ0n) is 13.2. The third kappa shape index (κ3) is 3.56. The molecule has 1 aromatic heterocycles. The summed E-state index contributed by atoms with van der Waals surface area (Å²) >= 11 is 0. The van der Waals surface area contributed by atoms with Crippen molar-refractivity contribution in [2.45, 2.75) is 32.3 Å². The van der Waals surface area contributed by atoms with Crippen molar-refractivity contribution >= 4 is 17.0 Å². The van der Waals surface area contributed by atoms with Crippen LogP contribution in [0.3, 0.4) is 0 Å². The molecule has 0 aliphatic rings. The molecular weight excluding hydrogens is 290 g/mol. The van der Waals surface area contributed by atoms with E-state index in [1.807, 2.05) is 62.4 Å². The maximum atomic E-state index is 12.2. The average molecular weight is 309 g/mol. The molecule has 3 rings (SSSR count). The van der Waals surface area contributed by atoms with Crippen LogP contribution in [-0.4, -0.2) is 21.4 Å². The monoisotopic (exact) mass is 309 g/mol. The number of aromatic nitrogens is 3. The van der Waals surface area contributed by atoms with Crippen molar-refractivity contribution in [3.63, 3.8) is 0 Å². The number of nitrogens with zero attached hydrogens (tertiary/aromatic N) is 2. The molecular formula is C18H19N3O2. The van der Waals surface area contributed by atoms with E-state index < -0.39 is 0 Å². The van der Waals surface area contributed by atoms with Crippen molar-refractivity contribution in [1.29, 1.82) is 0 Å². The molecule has 5 nitrogen and oxygen atoms in total. The Hall–Kier alpha value is -2.69. The fourth-order valence-electron chi connectivity index (χ4n) is 2.54. The summed E-state index contributed by atoms with van der Waals surface area (Å²) in [5.41, 5.74) is 3.33. The van der Waals surface area contributed by atoms with E-state index in [9.17, 15) is 4.79 Å². The van der Waals surface area contributed by atoms with Crippen LogP contribution in [0.5, 0.6) is 0 Å². The molecule has 1 heterocycles. The molecule has 0 bridgehead atoms. The Kier molecular flexibility index (Phi) is 4.10. The Morgan fingerprint density at radius 2 is 1.83 bits per heavy atom. The minimum absolute atomic E-state index is 0.209. The molecule has 0 saturated carbocycles. The van der Waals surface area contributed by atoms with E-state index in [4.69, 9.17) is 4.74 Å². The molecule has 0 saturated heterocycles. The van der Waals surface area contributed by atoms with E-state index in [1.165, 1.54) is 0 Å². The van der Waals surface area contributed by atoms with Gasteiger partial charge in [-0.05, 0) is 23.3 Å². The first-order chi connectivity index (χ1) is 11.0. The molecule has 0 aliphatic carbocycles. The Morgan fingerprint density at radius 3 is 2.61 bits per heavy atom. The van der Waals surface area contributed by atoms with Crippen LogP contribution in [0, 0.1) is 0 Å². The van der Waals surface area contributed by atoms with Crippen molar-refractivity contribution < 1.29 is 9.53 Å². The van der Waals surface area contributed by atoms with Crippen LogP contribution in [0.2, 0.25) is 0 Å². The van der Waals surface area contributed by atoms with Crippen molar-refractivity contribution in [3.05, 3.63) is 59.7 Å². The van der Waals surface area contributed by atoms with Gasteiger partial charge in [0.1, 0.15) is 17.6 Å². The highest BCUT2D eigenvalue weighted by atomic mass is 16.5. The van der Waals surface area contributed by atoms with E-state index in [0.717, 1.165) is 22.2 Å². The first-order valence-corrected chi connectivity index (χ1v) is 7.55. The number of carbonyl (C=O) groups excluding carboxylic acids is 1. The van der Waals surface area contributed by atoms with Gasteiger partial charge in [0.2, 0.25) is 0 Å². The van der Waals surface area contributed by atoms with Crippen molar-refractivity contribution in [2.24, 2.45) is 0 Å². The number of aromatic amines is 1. The number of ether oxygens (including phenoxy) is 1. The smallest absolute Gasteiger partial charge is 0.307 e. The molecule has 23 heavy (non-hydrogen) atoms. The first-order valence-electron chi connectivity index (χ1n) is 7.55. The lowest BCUT2D eigenvalue weighted by molar-refractivity contribution is -0.146. The van der Waals surface area contributed by atoms with Crippen LogP contribution < -0.4 is 0 Å². The number of benzene rings is 2. The Balaban J connectivity index is 1.61. The number of esters is 1. The van der Waals surface area contributed by atoms with Gasteiger partial charge in [0.15, 0.2) is 0 Å². The minimum Gasteiger partial charge on any atom is -0.461 e. The second-order valence-corrected chi connectivity index (χ2v) is 6.23. The standard InChI is InChI=1S/C18H19N3O2/c1-18(2,14-6-4-3-5-7-14)11-17(22)23-12-13-8-9-15-16(10-13)20-21-19-15/h3-10H,11-12H2,1-2H3,(H,19,20,21). The Bertz CT molecular complexity index is 809. The molecule has 118 valence electrons. The number of fused-ring (bicyclic) bond motifs is 1. The zero-order valence-corrected chi connectivity index (χ0v) is 13.2. The van der Waals surface area contributed by atoms with E-state index in [0.29, 0.717) is 6.42 Å². The van der Waals surface area contributed by atoms with E-state index in [1.54, 1.807) is 0 Å². The molecule has 0 atom stereocenters. The predicted octanol–water partition coefficient (Wildman–Crippen LogP) is 3.37. The Labute approximate surface area is 134 Å². The number of rotatable bonds is 5. The highest BCUT2D eigenvalue weighted by Gasteiger charge is 2.24. The molecule has 1 N–H and O–H groups in total. The fraction of sp³-hybridized carbons (Fsp3) is 0.278. The van der Waals surface area contributed by atoms with Gasteiger partial charge in [0.25, 0.3) is 0 Å². The van der Waals surface area contributed by atoms with Gasteiger partial charge in [0.05, 0.1) is 6.42 Å². The second kappa shape index (κ2) is 6.20. The molecule has 0 spiro atoms. The maximum absolute atomic E-state index is 12.2. The first kappa shape index (κ1) is 15.2. The van der Waals surface area contributed by atoms with E-state index in [2.05, 4.69) is 15.4 Å². The van der Waals surface area contributed by atoms with Crippen LogP contribution in [-0.2, 0) is 21.6 Å². The summed E-state index contributed by atoms with van der Waals surface area (Å²) in [5, 5.41) is 10.6. The van der Waals surface area contributed by atoms with Crippen LogP contribution in [0.25, 0.3) is 11.0 Å². The summed E-state index contributed by atoms with van der Waals surface area (Å²) in [6.07, 6.45) is 0.337. The summed E-state index contributed by atoms with van der Waals surface area (Å²) in [7, 11) is 0. The van der Waals surface area contributed by atoms with E-state index in [-0.39, 0.29) is 18.0 Å². The van der Waals surface area contributed by atoms with Crippen molar-refractivity contribution in [3.8, 4) is 0 Å². The lowest BCUT2D eigenvalue weighted by atomic mass is 9.82. The van der Waals surface area contributed by atoms with Crippen LogP contribution in [0.1, 0.15) is 31.4 Å². The third-order valence-corrected chi connectivity index (χ3v) is 3.92. The molecule has 0 radical (unpaired) electrons. The van der Waals surface area contributed by atoms with Gasteiger partial charge in [-0.25, -0.2) is 0 Å². The van der Waals surface area contributed by atoms with Gasteiger partial charge < -0.3 is 4.74 Å². The quantitative estimate of drug-likeness (QED) is 0.734. The Morgan fingerprint density at radius 1 is 1.09 bits per heavy atom. The van der Waals surface area contributed by atoms with Crippen LogP contribution in [0.15, 0.2) is 48.5 Å². The molecule has 2 aromatic carbocycles. The molecule has 0 amide bonds. The summed E-state index contributed by atoms with van der Waals surface area (Å²) in [6.45, 7) is 4.34. The van der Waals surface area contributed by atoms with E-state index >= 15 is 0 Å². The molecule has 5 heteroatoms. The molecule has 3 aromatic rings. The number of hydrogen-bond donors (Lipinski definition) is 1. The summed E-state index contributed by atoms with van der Waals surface area (Å²) in [6, 6.07) is 15.6. The van der Waals surface area contributed by atoms with Crippen molar-refractivity contribution in [2.75, 3.05) is 0 Å². The summed E-state index contributed by atoms with van der Waals surface area (Å²) in [4.78, 5) is 12.2. The number of H-pyrrole nitrogens is 1. The number of nitrogens with one attached hydrogen (secondary N) is 1. The van der Waals surface area contributed by atoms with Gasteiger partial charge in [-0.3, -0.25) is 4.79 Å². The largest absolute Gasteiger partial charge is 0.461 e. The van der Waals surface area contributed by atoms with Gasteiger partial charge in [-0.1, -0.05) is 50.2 Å². The zero-order chi connectivity index (χ0) is 16.3. The fourth-order valence-corrected chi connectivity index (χ4v) is 2.54. The predicted molar refractivity (Wildman–Crippen MR) is 87.8 cm³/mol. The number of hydrogen-bond acceptors (Lipinski definition) is 4. The average Bonchev–Trinajstić information content (AvgIpc) is 3.01. The van der Waals surface area contributed by atoms with Gasteiger partial charge in [-0.2, -0.15) is 15.4 Å². The van der Waals surface area contributed by atoms with Crippen molar-refractivity contribution in [1.82, 2.24) is 15.4 Å². The minimum atomic E-state index is -0.256. The third-order valence-electron chi connectivity index (χ3n) is 3.92. The maximum Gasteiger partial charge on any atom is 0.307 e. The highest BCUT2D eigenvalue weighted by Crippen LogP contribution is 2.27. The van der Waals surface area contributed by atoms with Gasteiger partial charge in [-0.15, -0.1) is 0 Å². The summed E-state index contributed by atoms with van der Waals surface area (Å²) in [5.74, 6) is -0.209. The molecule has 0 fully saturated rings.